The second-order valence-electron chi connectivity index (χ2n) is 9.13. The molecule has 0 radical (unpaired) electrons. The van der Waals surface area contributed by atoms with E-state index in [0.717, 1.165) is 36.6 Å². The minimum atomic E-state index is 0. The van der Waals surface area contributed by atoms with Gasteiger partial charge in [0.2, 0.25) is 0 Å². The summed E-state index contributed by atoms with van der Waals surface area (Å²) in [5.41, 5.74) is 1.85. The number of amides is 1. The highest BCUT2D eigenvalue weighted by atomic mass is 127. The number of carbonyl (C=O) groups is 1. The number of aliphatic imine (C=N–C) groups is 1. The Labute approximate surface area is 216 Å². The van der Waals surface area contributed by atoms with E-state index in [-0.39, 0.29) is 42.1 Å². The molecule has 2 unspecified atom stereocenters. The van der Waals surface area contributed by atoms with Gasteiger partial charge in [0.25, 0.3) is 5.91 Å². The van der Waals surface area contributed by atoms with Crippen molar-refractivity contribution in [3.63, 3.8) is 0 Å². The van der Waals surface area contributed by atoms with E-state index < -0.39 is 0 Å². The minimum Gasteiger partial charge on any atom is -0.372 e. The molecule has 3 rings (SSSR count). The van der Waals surface area contributed by atoms with Crippen molar-refractivity contribution in [1.82, 2.24) is 20.4 Å². The summed E-state index contributed by atoms with van der Waals surface area (Å²) in [6, 6.07) is 7.86. The molecule has 33 heavy (non-hydrogen) atoms. The monoisotopic (exact) mass is 571 g/mol. The topological polar surface area (TPSA) is 69.2 Å². The number of hydrogen-bond donors (Lipinski definition) is 2. The summed E-state index contributed by atoms with van der Waals surface area (Å²) >= 11 is 0. The van der Waals surface area contributed by atoms with Gasteiger partial charge in [-0.3, -0.25) is 9.79 Å². The molecule has 2 fully saturated rings. The fraction of sp³-hybridized carbons (Fsp3) is 0.680. The van der Waals surface area contributed by atoms with E-state index in [1.54, 1.807) is 7.05 Å². The van der Waals surface area contributed by atoms with Crippen LogP contribution in [0.2, 0.25) is 0 Å². The molecular weight excluding hydrogens is 529 g/mol. The van der Waals surface area contributed by atoms with Crippen LogP contribution in [0.4, 0.5) is 0 Å². The van der Waals surface area contributed by atoms with Crippen LogP contribution in [0.15, 0.2) is 29.3 Å². The highest BCUT2D eigenvalue weighted by molar-refractivity contribution is 14.0. The van der Waals surface area contributed by atoms with Gasteiger partial charge in [-0.25, -0.2) is 0 Å². The summed E-state index contributed by atoms with van der Waals surface area (Å²) in [5, 5.41) is 6.79. The van der Waals surface area contributed by atoms with Crippen LogP contribution in [0.5, 0.6) is 0 Å². The van der Waals surface area contributed by atoms with Crippen LogP contribution in [-0.2, 0) is 11.3 Å². The third-order valence-electron chi connectivity index (χ3n) is 6.23. The first-order chi connectivity index (χ1) is 15.5. The normalized spacial score (nSPS) is 22.3. The van der Waals surface area contributed by atoms with Gasteiger partial charge in [0, 0.05) is 38.8 Å². The molecule has 1 aromatic carbocycles. The van der Waals surface area contributed by atoms with Crippen LogP contribution in [0.25, 0.3) is 0 Å². The Morgan fingerprint density at radius 3 is 2.27 bits per heavy atom. The van der Waals surface area contributed by atoms with Crippen LogP contribution < -0.4 is 10.6 Å². The standard InChI is InChI=1S/C25H41N5O2.HI/c1-20-18-30(19-21(2)32-20)24(31)23-11-9-22(10-12-23)17-28-25(26-3)27-13-8-16-29-14-6-4-5-7-15-29;/h9-12,20-21H,4-8,13-19H2,1-3H3,(H2,26,27,28);1H. The van der Waals surface area contributed by atoms with E-state index in [0.29, 0.717) is 19.6 Å². The molecule has 1 aromatic rings. The van der Waals surface area contributed by atoms with Crippen molar-refractivity contribution in [3.05, 3.63) is 35.4 Å². The number of nitrogens with one attached hydrogen (secondary N) is 2. The molecule has 2 atom stereocenters. The van der Waals surface area contributed by atoms with Gasteiger partial charge in [-0.1, -0.05) is 25.0 Å². The van der Waals surface area contributed by atoms with E-state index in [9.17, 15) is 4.79 Å². The molecule has 0 saturated carbocycles. The van der Waals surface area contributed by atoms with Crippen LogP contribution >= 0.6 is 24.0 Å². The largest absolute Gasteiger partial charge is 0.372 e. The zero-order valence-electron chi connectivity index (χ0n) is 20.5. The van der Waals surface area contributed by atoms with Crippen LogP contribution in [-0.4, -0.2) is 80.2 Å². The maximum absolute atomic E-state index is 12.8. The molecule has 0 bridgehead atoms. The number of carbonyl (C=O) groups excluding carboxylic acids is 1. The summed E-state index contributed by atoms with van der Waals surface area (Å²) in [7, 11) is 1.80. The lowest BCUT2D eigenvalue weighted by Crippen LogP contribution is -2.48. The molecule has 1 amide bonds. The number of nitrogens with zero attached hydrogens (tertiary/aromatic N) is 3. The number of hydrogen-bond acceptors (Lipinski definition) is 4. The van der Waals surface area contributed by atoms with Crippen LogP contribution in [0.3, 0.4) is 0 Å². The average molecular weight is 572 g/mol. The molecule has 8 heteroatoms. The molecule has 0 spiro atoms. The van der Waals surface area contributed by atoms with E-state index in [4.69, 9.17) is 4.74 Å². The summed E-state index contributed by atoms with van der Waals surface area (Å²) in [5.74, 6) is 0.894. The van der Waals surface area contributed by atoms with Crippen molar-refractivity contribution in [2.45, 2.75) is 64.7 Å². The molecule has 2 aliphatic rings. The van der Waals surface area contributed by atoms with Crippen molar-refractivity contribution in [3.8, 4) is 0 Å². The molecule has 2 aliphatic heterocycles. The number of ether oxygens (including phenoxy) is 1. The molecule has 2 heterocycles. The lowest BCUT2D eigenvalue weighted by Gasteiger charge is -2.35. The Morgan fingerprint density at radius 2 is 1.67 bits per heavy atom. The van der Waals surface area contributed by atoms with Gasteiger partial charge in [0.15, 0.2) is 5.96 Å². The van der Waals surface area contributed by atoms with E-state index in [1.165, 1.54) is 38.8 Å². The van der Waals surface area contributed by atoms with Gasteiger partial charge < -0.3 is 25.2 Å². The first kappa shape index (κ1) is 27.9. The van der Waals surface area contributed by atoms with Crippen LogP contribution in [0, 0.1) is 0 Å². The van der Waals surface area contributed by atoms with Crippen molar-refractivity contribution in [2.24, 2.45) is 4.99 Å². The zero-order chi connectivity index (χ0) is 22.8. The summed E-state index contributed by atoms with van der Waals surface area (Å²) in [6.45, 7) is 10.6. The van der Waals surface area contributed by atoms with Crippen molar-refractivity contribution in [2.75, 3.05) is 46.3 Å². The van der Waals surface area contributed by atoms with Gasteiger partial charge in [0.05, 0.1) is 12.2 Å². The van der Waals surface area contributed by atoms with Crippen LogP contribution in [0.1, 0.15) is 61.9 Å². The van der Waals surface area contributed by atoms with E-state index in [1.807, 2.05) is 43.0 Å². The van der Waals surface area contributed by atoms with E-state index >= 15 is 0 Å². The van der Waals surface area contributed by atoms with Gasteiger partial charge in [-0.05, 0) is 70.4 Å². The zero-order valence-corrected chi connectivity index (χ0v) is 22.8. The molecular formula is C25H42IN5O2. The molecule has 7 nitrogen and oxygen atoms in total. The Morgan fingerprint density at radius 1 is 1.03 bits per heavy atom. The van der Waals surface area contributed by atoms with Gasteiger partial charge in [-0.15, -0.1) is 24.0 Å². The number of benzene rings is 1. The lowest BCUT2D eigenvalue weighted by atomic mass is 10.1. The first-order valence-corrected chi connectivity index (χ1v) is 12.3. The van der Waals surface area contributed by atoms with Crippen molar-refractivity contribution < 1.29 is 9.53 Å². The smallest absolute Gasteiger partial charge is 0.254 e. The third kappa shape index (κ3) is 9.41. The number of guanidine groups is 1. The predicted octanol–water partition coefficient (Wildman–Crippen LogP) is 3.49. The Kier molecular flexibility index (Phi) is 12.5. The maximum Gasteiger partial charge on any atom is 0.254 e. The molecule has 2 saturated heterocycles. The Hall–Kier alpha value is -1.39. The van der Waals surface area contributed by atoms with Gasteiger partial charge >= 0.3 is 0 Å². The fourth-order valence-electron chi connectivity index (χ4n) is 4.57. The number of morpholine rings is 1. The Balaban J connectivity index is 0.00000385. The molecule has 186 valence electrons. The Bertz CT molecular complexity index is 725. The molecule has 2 N–H and O–H groups in total. The molecule has 0 aromatic heterocycles. The highest BCUT2D eigenvalue weighted by Gasteiger charge is 2.26. The SMILES string of the molecule is CN=C(NCCCN1CCCCCC1)NCc1ccc(C(=O)N2CC(C)OC(C)C2)cc1.I. The second-order valence-corrected chi connectivity index (χ2v) is 9.13. The minimum absolute atomic E-state index is 0. The van der Waals surface area contributed by atoms with Crippen molar-refractivity contribution in [1.29, 1.82) is 0 Å². The van der Waals surface area contributed by atoms with Crippen molar-refractivity contribution >= 4 is 35.8 Å². The number of rotatable bonds is 7. The van der Waals surface area contributed by atoms with Gasteiger partial charge in [-0.2, -0.15) is 0 Å². The average Bonchev–Trinajstić information content (AvgIpc) is 3.07. The van der Waals surface area contributed by atoms with Gasteiger partial charge in [0.1, 0.15) is 0 Å². The first-order valence-electron chi connectivity index (χ1n) is 12.3. The predicted molar refractivity (Wildman–Crippen MR) is 145 cm³/mol. The summed E-state index contributed by atoms with van der Waals surface area (Å²) < 4.78 is 5.74. The summed E-state index contributed by atoms with van der Waals surface area (Å²) in [4.78, 5) is 21.6. The van der Waals surface area contributed by atoms with E-state index in [2.05, 4.69) is 20.5 Å². The number of likely N-dealkylation sites (tertiary alicyclic amines) is 1. The molecule has 0 aliphatic carbocycles. The third-order valence-corrected chi connectivity index (χ3v) is 6.23. The second kappa shape index (κ2) is 14.8. The lowest BCUT2D eigenvalue weighted by molar-refractivity contribution is -0.0586. The quantitative estimate of drug-likeness (QED) is 0.227. The number of halogens is 1. The fourth-order valence-corrected chi connectivity index (χ4v) is 4.57. The maximum atomic E-state index is 12.8. The summed E-state index contributed by atoms with van der Waals surface area (Å²) in [6.07, 6.45) is 6.72. The highest BCUT2D eigenvalue weighted by Crippen LogP contribution is 2.15.